The summed E-state index contributed by atoms with van der Waals surface area (Å²) >= 11 is 3.45. The molecule has 1 amide bonds. The number of amides is 1. The van der Waals surface area contributed by atoms with E-state index in [1.54, 1.807) is 12.5 Å². The normalized spacial score (nSPS) is 19.1. The fraction of sp³-hybridized carbons (Fsp3) is 0.286. The molecule has 1 atom stereocenters. The Kier molecular flexibility index (Phi) is 3.38. The van der Waals surface area contributed by atoms with Gasteiger partial charge < -0.3 is 9.47 Å². The molecule has 2 aromatic rings. The molecule has 1 unspecified atom stereocenters. The predicted molar refractivity (Wildman–Crippen MR) is 77.8 cm³/mol. The van der Waals surface area contributed by atoms with E-state index in [9.17, 15) is 4.79 Å². The van der Waals surface area contributed by atoms with Gasteiger partial charge in [0.2, 0.25) is 5.91 Å². The molecule has 0 bridgehead atoms. The van der Waals surface area contributed by atoms with E-state index in [0.717, 1.165) is 23.2 Å². The average molecular weight is 320 g/mol. The Balaban J connectivity index is 1.81. The van der Waals surface area contributed by atoms with Crippen LogP contribution in [-0.2, 0) is 4.79 Å². The molecule has 19 heavy (non-hydrogen) atoms. The third-order valence-corrected chi connectivity index (χ3v) is 4.30. The van der Waals surface area contributed by atoms with E-state index in [0.29, 0.717) is 12.3 Å². The van der Waals surface area contributed by atoms with Crippen LogP contribution in [0.1, 0.15) is 6.42 Å². The van der Waals surface area contributed by atoms with Gasteiger partial charge in [-0.2, -0.15) is 0 Å². The van der Waals surface area contributed by atoms with Crippen LogP contribution >= 0.6 is 15.9 Å². The van der Waals surface area contributed by atoms with Gasteiger partial charge in [-0.05, 0) is 30.2 Å². The molecule has 98 valence electrons. The molecule has 1 aromatic carbocycles. The third-order valence-electron chi connectivity index (χ3n) is 3.39. The predicted octanol–water partition coefficient (Wildman–Crippen LogP) is 2.62. The summed E-state index contributed by atoms with van der Waals surface area (Å²) in [4.78, 5) is 17.8. The van der Waals surface area contributed by atoms with Crippen LogP contribution in [0.25, 0.3) is 5.69 Å². The lowest BCUT2D eigenvalue weighted by Gasteiger charge is -2.17. The van der Waals surface area contributed by atoms with Crippen molar-refractivity contribution in [3.63, 3.8) is 0 Å². The summed E-state index contributed by atoms with van der Waals surface area (Å²) in [7, 11) is 0. The molecule has 1 aliphatic heterocycles. The molecule has 0 saturated carbocycles. The van der Waals surface area contributed by atoms with Gasteiger partial charge in [-0.1, -0.05) is 15.9 Å². The second-order valence-corrected chi connectivity index (χ2v) is 5.36. The summed E-state index contributed by atoms with van der Waals surface area (Å²) in [5.74, 6) is 0.626. The van der Waals surface area contributed by atoms with Crippen molar-refractivity contribution < 1.29 is 4.79 Å². The summed E-state index contributed by atoms with van der Waals surface area (Å²) < 4.78 is 1.94. The number of benzene rings is 1. The minimum atomic E-state index is 0.208. The van der Waals surface area contributed by atoms with Gasteiger partial charge in [-0.15, -0.1) is 0 Å². The molecule has 1 aromatic heterocycles. The lowest BCUT2D eigenvalue weighted by Crippen LogP contribution is -2.24. The smallest absolute Gasteiger partial charge is 0.227 e. The zero-order valence-corrected chi connectivity index (χ0v) is 12.0. The Morgan fingerprint density at radius 3 is 2.58 bits per heavy atom. The number of halogens is 1. The van der Waals surface area contributed by atoms with Gasteiger partial charge >= 0.3 is 0 Å². The number of imidazole rings is 1. The number of aromatic nitrogens is 2. The van der Waals surface area contributed by atoms with E-state index in [4.69, 9.17) is 0 Å². The highest BCUT2D eigenvalue weighted by Crippen LogP contribution is 2.26. The first-order valence-corrected chi connectivity index (χ1v) is 7.35. The maximum absolute atomic E-state index is 11.9. The molecule has 1 saturated heterocycles. The standard InChI is InChI=1S/C14H14BrN3O/c15-8-11-7-14(19)18(9-11)13-3-1-12(2-4-13)17-6-5-16-10-17/h1-6,10-11H,7-9H2. The molecule has 0 radical (unpaired) electrons. The zero-order chi connectivity index (χ0) is 13.2. The minimum absolute atomic E-state index is 0.208. The first-order valence-electron chi connectivity index (χ1n) is 6.22. The van der Waals surface area contributed by atoms with Crippen molar-refractivity contribution >= 4 is 27.5 Å². The minimum Gasteiger partial charge on any atom is -0.312 e. The van der Waals surface area contributed by atoms with E-state index in [1.807, 2.05) is 39.9 Å². The van der Waals surface area contributed by atoms with Crippen LogP contribution in [0.3, 0.4) is 0 Å². The molecule has 4 nitrogen and oxygen atoms in total. The molecule has 0 spiro atoms. The Hall–Kier alpha value is -1.62. The highest BCUT2D eigenvalue weighted by molar-refractivity contribution is 9.09. The number of hydrogen-bond acceptors (Lipinski definition) is 2. The number of carbonyl (C=O) groups is 1. The molecular formula is C14H14BrN3O. The largest absolute Gasteiger partial charge is 0.312 e. The van der Waals surface area contributed by atoms with E-state index in [1.165, 1.54) is 0 Å². The topological polar surface area (TPSA) is 38.1 Å². The molecule has 3 rings (SSSR count). The van der Waals surface area contributed by atoms with Gasteiger partial charge in [0.15, 0.2) is 0 Å². The maximum atomic E-state index is 11.9. The summed E-state index contributed by atoms with van der Waals surface area (Å²) in [5, 5.41) is 0.877. The Morgan fingerprint density at radius 2 is 2.00 bits per heavy atom. The second kappa shape index (κ2) is 5.17. The van der Waals surface area contributed by atoms with Crippen molar-refractivity contribution in [1.82, 2.24) is 9.55 Å². The first-order chi connectivity index (χ1) is 9.28. The highest BCUT2D eigenvalue weighted by atomic mass is 79.9. The molecular weight excluding hydrogens is 306 g/mol. The average Bonchev–Trinajstić information content (AvgIpc) is 3.08. The second-order valence-electron chi connectivity index (χ2n) is 4.72. The lowest BCUT2D eigenvalue weighted by molar-refractivity contribution is -0.117. The quantitative estimate of drug-likeness (QED) is 0.816. The SMILES string of the molecule is O=C1CC(CBr)CN1c1ccc(-n2ccnc2)cc1. The van der Waals surface area contributed by atoms with Crippen LogP contribution in [0.5, 0.6) is 0 Å². The van der Waals surface area contributed by atoms with Gasteiger partial charge in [-0.25, -0.2) is 4.98 Å². The van der Waals surface area contributed by atoms with Crippen LogP contribution in [0.2, 0.25) is 0 Å². The van der Waals surface area contributed by atoms with Gasteiger partial charge in [0, 0.05) is 42.1 Å². The Bertz CT molecular complexity index is 565. The Morgan fingerprint density at radius 1 is 1.26 bits per heavy atom. The van der Waals surface area contributed by atoms with Crippen molar-refractivity contribution in [3.8, 4) is 5.69 Å². The van der Waals surface area contributed by atoms with Crippen molar-refractivity contribution in [2.75, 3.05) is 16.8 Å². The maximum Gasteiger partial charge on any atom is 0.227 e. The molecule has 5 heteroatoms. The van der Waals surface area contributed by atoms with Crippen LogP contribution in [-0.4, -0.2) is 27.3 Å². The van der Waals surface area contributed by atoms with E-state index < -0.39 is 0 Å². The van der Waals surface area contributed by atoms with Crippen LogP contribution in [0, 0.1) is 5.92 Å². The van der Waals surface area contributed by atoms with Crippen molar-refractivity contribution in [2.45, 2.75) is 6.42 Å². The van der Waals surface area contributed by atoms with E-state index in [-0.39, 0.29) is 5.91 Å². The molecule has 1 fully saturated rings. The molecule has 1 aliphatic rings. The summed E-state index contributed by atoms with van der Waals surface area (Å²) in [6.07, 6.45) is 6.04. The molecule has 0 N–H and O–H groups in total. The molecule has 0 aliphatic carbocycles. The van der Waals surface area contributed by atoms with Crippen molar-refractivity contribution in [3.05, 3.63) is 43.0 Å². The van der Waals surface area contributed by atoms with E-state index in [2.05, 4.69) is 20.9 Å². The van der Waals surface area contributed by atoms with Crippen LogP contribution in [0.4, 0.5) is 5.69 Å². The van der Waals surface area contributed by atoms with Gasteiger partial charge in [0.25, 0.3) is 0 Å². The van der Waals surface area contributed by atoms with Crippen molar-refractivity contribution in [2.24, 2.45) is 5.92 Å². The summed E-state index contributed by atoms with van der Waals surface area (Å²) in [5.41, 5.74) is 2.02. The molecule has 2 heterocycles. The summed E-state index contributed by atoms with van der Waals surface area (Å²) in [6.45, 7) is 0.800. The third kappa shape index (κ3) is 2.42. The fourth-order valence-electron chi connectivity index (χ4n) is 2.35. The van der Waals surface area contributed by atoms with Gasteiger partial charge in [-0.3, -0.25) is 4.79 Å². The number of anilines is 1. The first kappa shape index (κ1) is 12.4. The monoisotopic (exact) mass is 319 g/mol. The number of alkyl halides is 1. The van der Waals surface area contributed by atoms with Crippen molar-refractivity contribution in [1.29, 1.82) is 0 Å². The van der Waals surface area contributed by atoms with Gasteiger partial charge in [0.1, 0.15) is 0 Å². The van der Waals surface area contributed by atoms with Crippen LogP contribution < -0.4 is 4.90 Å². The van der Waals surface area contributed by atoms with E-state index >= 15 is 0 Å². The number of hydrogen-bond donors (Lipinski definition) is 0. The lowest BCUT2D eigenvalue weighted by atomic mass is 10.2. The number of rotatable bonds is 3. The fourth-order valence-corrected chi connectivity index (χ4v) is 2.78. The zero-order valence-electron chi connectivity index (χ0n) is 10.4. The van der Waals surface area contributed by atoms with Crippen LogP contribution in [0.15, 0.2) is 43.0 Å². The number of carbonyl (C=O) groups excluding carboxylic acids is 1. The summed E-state index contributed by atoms with van der Waals surface area (Å²) in [6, 6.07) is 7.99. The van der Waals surface area contributed by atoms with Gasteiger partial charge in [0.05, 0.1) is 6.33 Å². The Labute approximate surface area is 120 Å². The number of nitrogens with zero attached hydrogens (tertiary/aromatic N) is 3. The highest BCUT2D eigenvalue weighted by Gasteiger charge is 2.29.